The molecule has 5 nitrogen and oxygen atoms in total. The summed E-state index contributed by atoms with van der Waals surface area (Å²) in [6, 6.07) is 13.8. The van der Waals surface area contributed by atoms with Crippen molar-refractivity contribution in [2.24, 2.45) is 5.41 Å². The summed E-state index contributed by atoms with van der Waals surface area (Å²) in [7, 11) is 0. The molecule has 1 atom stereocenters. The van der Waals surface area contributed by atoms with E-state index in [-0.39, 0.29) is 11.3 Å². The third kappa shape index (κ3) is 4.36. The molecule has 2 aliphatic rings. The maximum Gasteiger partial charge on any atom is 0.255 e. The largest absolute Gasteiger partial charge is 0.492 e. The third-order valence-corrected chi connectivity index (χ3v) is 6.04. The number of benzene rings is 1. The minimum absolute atomic E-state index is 0.119. The van der Waals surface area contributed by atoms with Gasteiger partial charge < -0.3 is 9.64 Å². The fourth-order valence-corrected chi connectivity index (χ4v) is 4.53. The summed E-state index contributed by atoms with van der Waals surface area (Å²) in [4.78, 5) is 21.7. The molecule has 2 aliphatic heterocycles. The molecule has 0 N–H and O–H groups in total. The van der Waals surface area contributed by atoms with E-state index in [4.69, 9.17) is 4.74 Å². The van der Waals surface area contributed by atoms with Gasteiger partial charge in [-0.25, -0.2) is 0 Å². The molecule has 1 aromatic heterocycles. The Morgan fingerprint density at radius 3 is 2.75 bits per heavy atom. The number of hydrogen-bond donors (Lipinski definition) is 0. The fourth-order valence-electron chi connectivity index (χ4n) is 4.53. The molecular weight excluding hydrogens is 350 g/mol. The molecule has 2 saturated heterocycles. The number of carbonyl (C=O) groups is 1. The highest BCUT2D eigenvalue weighted by atomic mass is 16.5. The van der Waals surface area contributed by atoms with E-state index in [0.29, 0.717) is 12.2 Å². The van der Waals surface area contributed by atoms with E-state index in [1.807, 2.05) is 54.3 Å². The first-order valence-corrected chi connectivity index (χ1v) is 10.3. The molecule has 1 amide bonds. The summed E-state index contributed by atoms with van der Waals surface area (Å²) in [6.45, 7) is 7.47. The Balaban J connectivity index is 1.31. The van der Waals surface area contributed by atoms with E-state index in [1.165, 1.54) is 12.8 Å². The predicted octanol–water partition coefficient (Wildman–Crippen LogP) is 3.40. The second kappa shape index (κ2) is 8.31. The molecule has 0 saturated carbocycles. The van der Waals surface area contributed by atoms with Crippen molar-refractivity contribution < 1.29 is 9.53 Å². The van der Waals surface area contributed by atoms with E-state index >= 15 is 0 Å². The van der Waals surface area contributed by atoms with Crippen molar-refractivity contribution in [1.29, 1.82) is 0 Å². The quantitative estimate of drug-likeness (QED) is 0.799. The van der Waals surface area contributed by atoms with Gasteiger partial charge in [0.25, 0.3) is 5.91 Å². The van der Waals surface area contributed by atoms with Crippen LogP contribution in [0.1, 0.15) is 35.3 Å². The molecule has 28 heavy (non-hydrogen) atoms. The van der Waals surface area contributed by atoms with E-state index in [1.54, 1.807) is 6.20 Å². The molecule has 2 aromatic rings. The summed E-state index contributed by atoms with van der Waals surface area (Å²) < 4.78 is 5.87. The number of para-hydroxylation sites is 1. The van der Waals surface area contributed by atoms with Gasteiger partial charge in [0.15, 0.2) is 0 Å². The van der Waals surface area contributed by atoms with Crippen LogP contribution in [0.25, 0.3) is 0 Å². The number of piperidine rings is 1. The summed E-state index contributed by atoms with van der Waals surface area (Å²) in [5, 5.41) is 0. The van der Waals surface area contributed by atoms with Gasteiger partial charge in [-0.1, -0.05) is 18.2 Å². The van der Waals surface area contributed by atoms with Crippen molar-refractivity contribution in [1.82, 2.24) is 14.8 Å². The Labute approximate surface area is 167 Å². The van der Waals surface area contributed by atoms with Gasteiger partial charge in [-0.05, 0) is 57.0 Å². The lowest BCUT2D eigenvalue weighted by atomic mass is 9.79. The van der Waals surface area contributed by atoms with Crippen LogP contribution in [0.4, 0.5) is 0 Å². The molecule has 0 unspecified atom stereocenters. The van der Waals surface area contributed by atoms with Gasteiger partial charge in [0, 0.05) is 43.5 Å². The normalized spacial score (nSPS) is 22.5. The Bertz CT molecular complexity index is 793. The lowest BCUT2D eigenvalue weighted by Crippen LogP contribution is -2.46. The van der Waals surface area contributed by atoms with Crippen molar-refractivity contribution in [3.05, 3.63) is 59.9 Å². The van der Waals surface area contributed by atoms with Gasteiger partial charge in [0.05, 0.1) is 5.56 Å². The number of aryl methyl sites for hydroxylation is 1. The molecule has 0 bridgehead atoms. The zero-order chi connectivity index (χ0) is 19.4. The molecule has 2 fully saturated rings. The van der Waals surface area contributed by atoms with Crippen LogP contribution in [0.2, 0.25) is 0 Å². The number of amides is 1. The van der Waals surface area contributed by atoms with Crippen LogP contribution in [0.3, 0.4) is 0 Å². The zero-order valence-corrected chi connectivity index (χ0v) is 16.6. The molecule has 0 aliphatic carbocycles. The van der Waals surface area contributed by atoms with E-state index in [0.717, 1.165) is 50.6 Å². The fraction of sp³-hybridized carbons (Fsp3) is 0.478. The van der Waals surface area contributed by atoms with Crippen LogP contribution in [0.5, 0.6) is 5.75 Å². The Hall–Kier alpha value is -2.40. The number of ether oxygens (including phenoxy) is 1. The van der Waals surface area contributed by atoms with Crippen LogP contribution in [-0.4, -0.2) is 60.0 Å². The highest BCUT2D eigenvalue weighted by Gasteiger charge is 2.42. The average Bonchev–Trinajstić information content (AvgIpc) is 3.12. The topological polar surface area (TPSA) is 45.7 Å². The van der Waals surface area contributed by atoms with Crippen molar-refractivity contribution >= 4 is 5.91 Å². The van der Waals surface area contributed by atoms with Crippen molar-refractivity contribution in [3.63, 3.8) is 0 Å². The number of carbonyl (C=O) groups excluding carboxylic acids is 1. The first kappa shape index (κ1) is 18.9. The standard InChI is InChI=1S/C23H29N3O2/c1-19-8-9-20(16-24-19)22(27)26-13-11-23(18-26)10-5-12-25(17-23)14-15-28-21-6-3-2-4-7-21/h2-4,6-9,16H,5,10-15,17-18H2,1H3/t23-/m0/s1. The predicted molar refractivity (Wildman–Crippen MR) is 110 cm³/mol. The minimum Gasteiger partial charge on any atom is -0.492 e. The Kier molecular flexibility index (Phi) is 5.62. The Morgan fingerprint density at radius 1 is 1.11 bits per heavy atom. The minimum atomic E-state index is 0.119. The van der Waals surface area contributed by atoms with Gasteiger partial charge in [0.2, 0.25) is 0 Å². The van der Waals surface area contributed by atoms with E-state index < -0.39 is 0 Å². The van der Waals surface area contributed by atoms with Crippen molar-refractivity contribution in [2.45, 2.75) is 26.2 Å². The van der Waals surface area contributed by atoms with E-state index in [2.05, 4.69) is 9.88 Å². The van der Waals surface area contributed by atoms with Gasteiger partial charge in [-0.2, -0.15) is 0 Å². The summed E-state index contributed by atoms with van der Waals surface area (Å²) in [5.74, 6) is 1.05. The molecule has 0 radical (unpaired) electrons. The smallest absolute Gasteiger partial charge is 0.255 e. The lowest BCUT2D eigenvalue weighted by molar-refractivity contribution is 0.0658. The van der Waals surface area contributed by atoms with Gasteiger partial charge in [-0.15, -0.1) is 0 Å². The second-order valence-electron chi connectivity index (χ2n) is 8.21. The van der Waals surface area contributed by atoms with Gasteiger partial charge in [-0.3, -0.25) is 14.7 Å². The molecule has 148 valence electrons. The summed E-state index contributed by atoms with van der Waals surface area (Å²) >= 11 is 0. The van der Waals surface area contributed by atoms with Crippen molar-refractivity contribution in [3.8, 4) is 5.75 Å². The molecular formula is C23H29N3O2. The van der Waals surface area contributed by atoms with Crippen molar-refractivity contribution in [2.75, 3.05) is 39.3 Å². The monoisotopic (exact) mass is 379 g/mol. The number of aromatic nitrogens is 1. The first-order chi connectivity index (χ1) is 13.6. The molecule has 5 heteroatoms. The van der Waals surface area contributed by atoms with Crippen LogP contribution >= 0.6 is 0 Å². The first-order valence-electron chi connectivity index (χ1n) is 10.3. The lowest BCUT2D eigenvalue weighted by Gasteiger charge is -2.40. The molecule has 1 spiro atoms. The molecule has 1 aromatic carbocycles. The van der Waals surface area contributed by atoms with Gasteiger partial charge >= 0.3 is 0 Å². The highest BCUT2D eigenvalue weighted by molar-refractivity contribution is 5.94. The van der Waals surface area contributed by atoms with Crippen LogP contribution in [0.15, 0.2) is 48.7 Å². The van der Waals surface area contributed by atoms with E-state index in [9.17, 15) is 4.79 Å². The maximum atomic E-state index is 12.8. The number of pyridine rings is 1. The van der Waals surface area contributed by atoms with Gasteiger partial charge in [0.1, 0.15) is 12.4 Å². The van der Waals surface area contributed by atoms with Crippen LogP contribution in [0, 0.1) is 12.3 Å². The summed E-state index contributed by atoms with van der Waals surface area (Å²) in [6.07, 6.45) is 5.20. The summed E-state index contributed by atoms with van der Waals surface area (Å²) in [5.41, 5.74) is 1.88. The molecule has 3 heterocycles. The maximum absolute atomic E-state index is 12.8. The Morgan fingerprint density at radius 2 is 1.96 bits per heavy atom. The number of likely N-dealkylation sites (tertiary alicyclic amines) is 2. The average molecular weight is 380 g/mol. The number of hydrogen-bond acceptors (Lipinski definition) is 4. The zero-order valence-electron chi connectivity index (χ0n) is 16.6. The number of nitrogens with zero attached hydrogens (tertiary/aromatic N) is 3. The third-order valence-electron chi connectivity index (χ3n) is 6.04. The molecule has 4 rings (SSSR count). The number of rotatable bonds is 5. The highest BCUT2D eigenvalue weighted by Crippen LogP contribution is 2.39. The van der Waals surface area contributed by atoms with Crippen LogP contribution in [-0.2, 0) is 0 Å². The van der Waals surface area contributed by atoms with Crippen LogP contribution < -0.4 is 4.74 Å². The SMILES string of the molecule is Cc1ccc(C(=O)N2CC[C@]3(CCCN(CCOc4ccccc4)C3)C2)cn1. The second-order valence-corrected chi connectivity index (χ2v) is 8.21.